The van der Waals surface area contributed by atoms with Crippen molar-refractivity contribution in [2.75, 3.05) is 4.90 Å². The molecule has 1 fully saturated rings. The standard InChI is InChI=1S/C33H28BNS2/c1-33(2)20-10-4-5-13-24(20)35-25-14-8-16-28-30(25)34(22-12-7-11-21(33)31(22)35)23-17-18-27-29(32(23)37-28)19-9-3-6-15-26(19)36-27/h3,6-9,11-12,14-18,20,24H,4-5,10,13H2,1-2H3. The van der Waals surface area contributed by atoms with E-state index in [1.165, 1.54) is 77.9 Å². The number of thiophene rings is 1. The Hall–Kier alpha value is -2.69. The summed E-state index contributed by atoms with van der Waals surface area (Å²) in [6.45, 7) is 5.36. The second-order valence-electron chi connectivity index (χ2n) is 12.0. The smallest absolute Gasteiger partial charge is 0.249 e. The van der Waals surface area contributed by atoms with Gasteiger partial charge in [-0.05, 0) is 64.9 Å². The highest BCUT2D eigenvalue weighted by molar-refractivity contribution is 8.00. The molecule has 2 atom stereocenters. The first-order valence-corrected chi connectivity index (χ1v) is 15.4. The van der Waals surface area contributed by atoms with Gasteiger partial charge in [-0.1, -0.05) is 92.4 Å². The maximum absolute atomic E-state index is 2.82. The van der Waals surface area contributed by atoms with Gasteiger partial charge >= 0.3 is 0 Å². The lowest BCUT2D eigenvalue weighted by molar-refractivity contribution is 0.190. The van der Waals surface area contributed by atoms with Crippen LogP contribution in [0.2, 0.25) is 0 Å². The van der Waals surface area contributed by atoms with Gasteiger partial charge in [0.25, 0.3) is 0 Å². The monoisotopic (exact) mass is 513 g/mol. The van der Waals surface area contributed by atoms with Crippen LogP contribution in [-0.4, -0.2) is 12.8 Å². The summed E-state index contributed by atoms with van der Waals surface area (Å²) in [6, 6.07) is 28.8. The second-order valence-corrected chi connectivity index (χ2v) is 14.1. The summed E-state index contributed by atoms with van der Waals surface area (Å²) in [6.07, 6.45) is 5.37. The van der Waals surface area contributed by atoms with Gasteiger partial charge in [0.05, 0.1) is 0 Å². The Bertz CT molecular complexity index is 1780. The van der Waals surface area contributed by atoms with Crippen molar-refractivity contribution >= 4 is 77.7 Å². The molecule has 0 amide bonds. The molecule has 9 rings (SSSR count). The fraction of sp³-hybridized carbons (Fsp3) is 0.273. The molecule has 0 saturated heterocycles. The van der Waals surface area contributed by atoms with Crippen molar-refractivity contribution < 1.29 is 0 Å². The first-order valence-electron chi connectivity index (χ1n) is 13.8. The SMILES string of the molecule is CC1(C)c2cccc3c2N(c2cccc4c2B3c2ccc3sc5ccccc5c3c2S4)C2CCCCC21. The lowest BCUT2D eigenvalue weighted by atomic mass is 9.34. The van der Waals surface area contributed by atoms with E-state index in [-0.39, 0.29) is 5.41 Å². The van der Waals surface area contributed by atoms with E-state index < -0.39 is 0 Å². The van der Waals surface area contributed by atoms with E-state index in [4.69, 9.17) is 0 Å². The Kier molecular flexibility index (Phi) is 4.16. The highest BCUT2D eigenvalue weighted by Gasteiger charge is 2.52. The van der Waals surface area contributed by atoms with E-state index in [9.17, 15) is 0 Å². The highest BCUT2D eigenvalue weighted by Crippen LogP contribution is 2.54. The normalized spacial score (nSPS) is 22.4. The van der Waals surface area contributed by atoms with Gasteiger partial charge in [-0.25, -0.2) is 0 Å². The number of para-hydroxylation sites is 1. The van der Waals surface area contributed by atoms with Gasteiger partial charge < -0.3 is 4.90 Å². The summed E-state index contributed by atoms with van der Waals surface area (Å²) in [7, 11) is 0. The topological polar surface area (TPSA) is 3.24 Å². The quantitative estimate of drug-likeness (QED) is 0.196. The van der Waals surface area contributed by atoms with Gasteiger partial charge in [-0.2, -0.15) is 0 Å². The van der Waals surface area contributed by atoms with Gasteiger partial charge in [0.1, 0.15) is 0 Å². The molecule has 1 aliphatic carbocycles. The summed E-state index contributed by atoms with van der Waals surface area (Å²) in [5.74, 6) is 0.705. The minimum Gasteiger partial charge on any atom is -0.339 e. The van der Waals surface area contributed by atoms with Crippen LogP contribution in [0.15, 0.2) is 82.6 Å². The van der Waals surface area contributed by atoms with Crippen LogP contribution in [0.4, 0.5) is 11.4 Å². The first kappa shape index (κ1) is 21.3. The van der Waals surface area contributed by atoms with E-state index in [2.05, 4.69) is 91.5 Å². The summed E-state index contributed by atoms with van der Waals surface area (Å²) in [5.41, 5.74) is 9.33. The third-order valence-corrected chi connectivity index (χ3v) is 12.3. The minimum absolute atomic E-state index is 0.196. The summed E-state index contributed by atoms with van der Waals surface area (Å²) in [5, 5.41) is 2.87. The maximum atomic E-state index is 2.82. The molecule has 4 heterocycles. The molecule has 180 valence electrons. The van der Waals surface area contributed by atoms with Crippen molar-refractivity contribution in [1.29, 1.82) is 0 Å². The van der Waals surface area contributed by atoms with Crippen LogP contribution < -0.4 is 21.3 Å². The fourth-order valence-electron chi connectivity index (χ4n) is 8.36. The minimum atomic E-state index is 0.196. The Balaban J connectivity index is 1.39. The van der Waals surface area contributed by atoms with Crippen LogP contribution in [0.1, 0.15) is 45.1 Å². The van der Waals surface area contributed by atoms with Crippen molar-refractivity contribution in [3.05, 3.63) is 78.4 Å². The molecule has 3 aliphatic heterocycles. The molecule has 1 aromatic heterocycles. The zero-order valence-electron chi connectivity index (χ0n) is 21.3. The second kappa shape index (κ2) is 7.24. The molecule has 4 aromatic carbocycles. The number of nitrogens with zero attached hydrogens (tertiary/aromatic N) is 1. The van der Waals surface area contributed by atoms with Crippen LogP contribution in [0.3, 0.4) is 0 Å². The van der Waals surface area contributed by atoms with E-state index in [1.54, 1.807) is 11.0 Å². The van der Waals surface area contributed by atoms with E-state index in [0.29, 0.717) is 18.7 Å². The molecule has 0 N–H and O–H groups in total. The summed E-state index contributed by atoms with van der Waals surface area (Å²) >= 11 is 3.95. The number of hydrogen-bond donors (Lipinski definition) is 0. The number of benzene rings is 4. The molecular weight excluding hydrogens is 485 g/mol. The zero-order chi connectivity index (χ0) is 24.5. The van der Waals surface area contributed by atoms with E-state index in [0.717, 1.165) is 0 Å². The number of anilines is 2. The van der Waals surface area contributed by atoms with Crippen LogP contribution in [0, 0.1) is 5.92 Å². The molecule has 1 saturated carbocycles. The Labute approximate surface area is 227 Å². The fourth-order valence-corrected chi connectivity index (χ4v) is 10.9. The van der Waals surface area contributed by atoms with Crippen LogP contribution in [-0.2, 0) is 5.41 Å². The zero-order valence-corrected chi connectivity index (χ0v) is 22.9. The predicted molar refractivity (Wildman–Crippen MR) is 162 cm³/mol. The van der Waals surface area contributed by atoms with E-state index >= 15 is 0 Å². The average molecular weight is 514 g/mol. The number of fused-ring (bicyclic) bond motifs is 10. The molecule has 0 radical (unpaired) electrons. The third kappa shape index (κ3) is 2.59. The number of hydrogen-bond acceptors (Lipinski definition) is 3. The lowest BCUT2D eigenvalue weighted by Gasteiger charge is -2.57. The number of rotatable bonds is 0. The van der Waals surface area contributed by atoms with Crippen molar-refractivity contribution in [3.8, 4) is 0 Å². The molecular formula is C33H28BNS2. The Morgan fingerprint density at radius 3 is 2.65 bits per heavy atom. The van der Waals surface area contributed by atoms with Crippen molar-refractivity contribution in [2.24, 2.45) is 5.92 Å². The van der Waals surface area contributed by atoms with Crippen LogP contribution >= 0.6 is 23.1 Å². The summed E-state index contributed by atoms with van der Waals surface area (Å²) in [4.78, 5) is 5.74. The van der Waals surface area contributed by atoms with Gasteiger partial charge in [-0.3, -0.25) is 0 Å². The molecule has 2 unspecified atom stereocenters. The molecule has 0 spiro atoms. The molecule has 0 bridgehead atoms. The third-order valence-electron chi connectivity index (χ3n) is 9.94. The Morgan fingerprint density at radius 2 is 1.70 bits per heavy atom. The molecule has 37 heavy (non-hydrogen) atoms. The van der Waals surface area contributed by atoms with Crippen molar-refractivity contribution in [3.63, 3.8) is 0 Å². The molecule has 5 aromatic rings. The van der Waals surface area contributed by atoms with Crippen LogP contribution in [0.25, 0.3) is 20.2 Å². The van der Waals surface area contributed by atoms with Gasteiger partial charge in [0.2, 0.25) is 6.71 Å². The summed E-state index contributed by atoms with van der Waals surface area (Å²) < 4.78 is 2.80. The largest absolute Gasteiger partial charge is 0.339 e. The van der Waals surface area contributed by atoms with Gasteiger partial charge in [0.15, 0.2) is 0 Å². The van der Waals surface area contributed by atoms with Crippen molar-refractivity contribution in [1.82, 2.24) is 0 Å². The predicted octanol–water partition coefficient (Wildman–Crippen LogP) is 7.34. The average Bonchev–Trinajstić information content (AvgIpc) is 3.31. The molecule has 4 aliphatic rings. The maximum Gasteiger partial charge on any atom is 0.249 e. The Morgan fingerprint density at radius 1 is 0.838 bits per heavy atom. The lowest BCUT2D eigenvalue weighted by Crippen LogP contribution is -2.65. The van der Waals surface area contributed by atoms with Crippen molar-refractivity contribution in [2.45, 2.75) is 60.8 Å². The first-order chi connectivity index (χ1) is 18.1. The molecule has 1 nitrogen and oxygen atoms in total. The molecule has 4 heteroatoms. The van der Waals surface area contributed by atoms with Crippen LogP contribution in [0.5, 0.6) is 0 Å². The van der Waals surface area contributed by atoms with Gasteiger partial charge in [-0.15, -0.1) is 11.3 Å². The van der Waals surface area contributed by atoms with E-state index in [1.807, 2.05) is 23.1 Å². The van der Waals surface area contributed by atoms with Gasteiger partial charge in [0, 0.05) is 47.4 Å². The highest BCUT2D eigenvalue weighted by atomic mass is 32.2.